The van der Waals surface area contributed by atoms with E-state index in [1.165, 1.54) is 17.7 Å². The van der Waals surface area contributed by atoms with E-state index < -0.39 is 0 Å². The van der Waals surface area contributed by atoms with Crippen molar-refractivity contribution in [2.75, 3.05) is 33.4 Å². The fourth-order valence-electron chi connectivity index (χ4n) is 2.40. The molecule has 0 radical (unpaired) electrons. The van der Waals surface area contributed by atoms with Crippen LogP contribution in [0.15, 0.2) is 17.5 Å². The van der Waals surface area contributed by atoms with Crippen LogP contribution in [-0.4, -0.2) is 44.3 Å². The molecular formula is C14H24N2OS. The van der Waals surface area contributed by atoms with Crippen LogP contribution in [0.4, 0.5) is 0 Å². The molecule has 102 valence electrons. The largest absolute Gasteiger partial charge is 0.381 e. The minimum Gasteiger partial charge on any atom is -0.381 e. The van der Waals surface area contributed by atoms with Crippen molar-refractivity contribution >= 4 is 11.3 Å². The zero-order valence-electron chi connectivity index (χ0n) is 11.4. The van der Waals surface area contributed by atoms with E-state index in [-0.39, 0.29) is 0 Å². The molecule has 0 aromatic carbocycles. The van der Waals surface area contributed by atoms with Gasteiger partial charge in [0.25, 0.3) is 0 Å². The van der Waals surface area contributed by atoms with Crippen LogP contribution in [0, 0.1) is 0 Å². The fourth-order valence-corrected chi connectivity index (χ4v) is 3.16. The third-order valence-electron chi connectivity index (χ3n) is 3.70. The summed E-state index contributed by atoms with van der Waals surface area (Å²) in [5.74, 6) is 0. The average Bonchev–Trinajstić information content (AvgIpc) is 2.93. The summed E-state index contributed by atoms with van der Waals surface area (Å²) < 4.78 is 5.40. The van der Waals surface area contributed by atoms with Crippen molar-refractivity contribution in [3.63, 3.8) is 0 Å². The van der Waals surface area contributed by atoms with E-state index in [0.29, 0.717) is 12.1 Å². The lowest BCUT2D eigenvalue weighted by Gasteiger charge is -2.31. The number of hydrogen-bond donors (Lipinski definition) is 1. The average molecular weight is 268 g/mol. The van der Waals surface area contributed by atoms with E-state index in [1.807, 2.05) is 11.3 Å². The highest BCUT2D eigenvalue weighted by Crippen LogP contribution is 2.18. The van der Waals surface area contributed by atoms with Gasteiger partial charge < -0.3 is 15.0 Å². The maximum atomic E-state index is 5.40. The minimum absolute atomic E-state index is 0.466. The molecule has 0 spiro atoms. The number of likely N-dealkylation sites (N-methyl/N-ethyl adjacent to an activating group) is 1. The zero-order chi connectivity index (χ0) is 12.8. The topological polar surface area (TPSA) is 24.5 Å². The van der Waals surface area contributed by atoms with E-state index in [9.17, 15) is 0 Å². The van der Waals surface area contributed by atoms with Crippen molar-refractivity contribution in [3.05, 3.63) is 22.4 Å². The molecular weight excluding hydrogens is 244 g/mol. The Bertz CT molecular complexity index is 323. The number of rotatable bonds is 6. The van der Waals surface area contributed by atoms with Crippen LogP contribution in [0.5, 0.6) is 0 Å². The van der Waals surface area contributed by atoms with E-state index in [2.05, 4.69) is 41.7 Å². The third kappa shape index (κ3) is 4.05. The Morgan fingerprint density at radius 2 is 2.28 bits per heavy atom. The second kappa shape index (κ2) is 7.24. The first-order valence-electron chi connectivity index (χ1n) is 6.82. The van der Waals surface area contributed by atoms with Gasteiger partial charge in [-0.05, 0) is 38.3 Å². The molecule has 18 heavy (non-hydrogen) atoms. The highest BCUT2D eigenvalue weighted by molar-refractivity contribution is 7.10. The maximum Gasteiger partial charge on any atom is 0.0480 e. The van der Waals surface area contributed by atoms with Gasteiger partial charge in [-0.25, -0.2) is 0 Å². The molecule has 1 aromatic heterocycles. The summed E-state index contributed by atoms with van der Waals surface area (Å²) in [6.45, 7) is 6.25. The Kier molecular flexibility index (Phi) is 5.63. The molecule has 1 N–H and O–H groups in total. The number of thiophene rings is 1. The Morgan fingerprint density at radius 1 is 1.50 bits per heavy atom. The van der Waals surface area contributed by atoms with Gasteiger partial charge in [-0.2, -0.15) is 0 Å². The Balaban J connectivity index is 1.65. The Hall–Kier alpha value is -0.420. The molecule has 1 aliphatic rings. The second-order valence-electron chi connectivity index (χ2n) is 5.02. The number of ether oxygens (including phenoxy) is 1. The summed E-state index contributed by atoms with van der Waals surface area (Å²) in [5.41, 5.74) is 0. The first-order valence-corrected chi connectivity index (χ1v) is 7.70. The highest BCUT2D eigenvalue weighted by Gasteiger charge is 2.17. The maximum absolute atomic E-state index is 5.40. The smallest absolute Gasteiger partial charge is 0.0480 e. The molecule has 0 amide bonds. The first kappa shape index (κ1) is 14.0. The minimum atomic E-state index is 0.466. The van der Waals surface area contributed by atoms with Gasteiger partial charge in [0.1, 0.15) is 0 Å². The van der Waals surface area contributed by atoms with Gasteiger partial charge in [-0.15, -0.1) is 11.3 Å². The molecule has 2 rings (SSSR count). The molecule has 0 aliphatic carbocycles. The monoisotopic (exact) mass is 268 g/mol. The molecule has 1 atom stereocenters. The summed E-state index contributed by atoms with van der Waals surface area (Å²) in [6, 6.07) is 5.49. The van der Waals surface area contributed by atoms with Gasteiger partial charge in [0.05, 0.1) is 0 Å². The molecule has 0 saturated carbocycles. The van der Waals surface area contributed by atoms with Gasteiger partial charge >= 0.3 is 0 Å². The molecule has 4 heteroatoms. The number of hydrogen-bond acceptors (Lipinski definition) is 4. The molecule has 1 unspecified atom stereocenters. The lowest BCUT2D eigenvalue weighted by Crippen LogP contribution is -2.40. The van der Waals surface area contributed by atoms with Crippen LogP contribution in [-0.2, 0) is 4.74 Å². The van der Waals surface area contributed by atoms with E-state index >= 15 is 0 Å². The summed E-state index contributed by atoms with van der Waals surface area (Å²) in [4.78, 5) is 3.89. The van der Waals surface area contributed by atoms with Crippen molar-refractivity contribution < 1.29 is 4.74 Å². The predicted octanol–water partition coefficient (Wildman–Crippen LogP) is 2.51. The highest BCUT2D eigenvalue weighted by atomic mass is 32.1. The van der Waals surface area contributed by atoms with Gasteiger partial charge in [0.15, 0.2) is 0 Å². The lowest BCUT2D eigenvalue weighted by molar-refractivity contribution is 0.0432. The summed E-state index contributed by atoms with van der Waals surface area (Å²) in [5, 5.41) is 5.73. The van der Waals surface area contributed by atoms with Crippen LogP contribution in [0.3, 0.4) is 0 Å². The van der Waals surface area contributed by atoms with E-state index in [0.717, 1.165) is 26.3 Å². The van der Waals surface area contributed by atoms with Gasteiger partial charge in [0, 0.05) is 43.3 Å². The van der Waals surface area contributed by atoms with Crippen molar-refractivity contribution in [2.45, 2.75) is 31.8 Å². The van der Waals surface area contributed by atoms with Gasteiger partial charge in [0.2, 0.25) is 0 Å². The predicted molar refractivity (Wildman–Crippen MR) is 77.2 cm³/mol. The second-order valence-corrected chi connectivity index (χ2v) is 5.99. The van der Waals surface area contributed by atoms with Crippen LogP contribution in [0.25, 0.3) is 0 Å². The van der Waals surface area contributed by atoms with Crippen LogP contribution in [0.1, 0.15) is 30.7 Å². The van der Waals surface area contributed by atoms with E-state index in [1.54, 1.807) is 0 Å². The number of nitrogens with zero attached hydrogens (tertiary/aromatic N) is 1. The van der Waals surface area contributed by atoms with Crippen molar-refractivity contribution in [3.8, 4) is 0 Å². The normalized spacial score (nSPS) is 19.3. The quantitative estimate of drug-likeness (QED) is 0.858. The summed E-state index contributed by atoms with van der Waals surface area (Å²) in [7, 11) is 2.23. The Morgan fingerprint density at radius 3 is 2.94 bits per heavy atom. The van der Waals surface area contributed by atoms with Crippen LogP contribution < -0.4 is 5.32 Å². The summed E-state index contributed by atoms with van der Waals surface area (Å²) >= 11 is 1.83. The number of nitrogens with one attached hydrogen (secondary N) is 1. The molecule has 2 heterocycles. The fraction of sp³-hybridized carbons (Fsp3) is 0.714. The zero-order valence-corrected chi connectivity index (χ0v) is 12.2. The standard InChI is InChI=1S/C14H24N2OS/c1-12(14-4-3-11-18-14)15-7-8-16(2)13-5-9-17-10-6-13/h3-4,11-13,15H,5-10H2,1-2H3. The van der Waals surface area contributed by atoms with Crippen molar-refractivity contribution in [1.82, 2.24) is 10.2 Å². The molecule has 1 fully saturated rings. The van der Waals surface area contributed by atoms with Gasteiger partial charge in [-0.1, -0.05) is 6.07 Å². The van der Waals surface area contributed by atoms with Crippen molar-refractivity contribution in [2.24, 2.45) is 0 Å². The first-order chi connectivity index (χ1) is 8.77. The van der Waals surface area contributed by atoms with Crippen LogP contribution in [0.2, 0.25) is 0 Å². The van der Waals surface area contributed by atoms with Crippen molar-refractivity contribution in [1.29, 1.82) is 0 Å². The van der Waals surface area contributed by atoms with Gasteiger partial charge in [-0.3, -0.25) is 0 Å². The van der Waals surface area contributed by atoms with E-state index in [4.69, 9.17) is 4.74 Å². The molecule has 0 bridgehead atoms. The third-order valence-corrected chi connectivity index (χ3v) is 4.75. The summed E-state index contributed by atoms with van der Waals surface area (Å²) in [6.07, 6.45) is 2.36. The molecule has 1 saturated heterocycles. The SMILES string of the molecule is CC(NCCN(C)C1CCOCC1)c1cccs1. The lowest BCUT2D eigenvalue weighted by atomic mass is 10.1. The molecule has 1 aliphatic heterocycles. The molecule has 1 aromatic rings. The Labute approximate surface area is 114 Å². The van der Waals surface area contributed by atoms with Crippen LogP contribution >= 0.6 is 11.3 Å². The molecule has 3 nitrogen and oxygen atoms in total.